The van der Waals surface area contributed by atoms with Gasteiger partial charge in [0.1, 0.15) is 0 Å². The van der Waals surface area contributed by atoms with Gasteiger partial charge in [0.15, 0.2) is 0 Å². The smallest absolute Gasteiger partial charge is 0.0495 e. The maximum absolute atomic E-state index is 6.17. The summed E-state index contributed by atoms with van der Waals surface area (Å²) in [4.78, 5) is 0. The summed E-state index contributed by atoms with van der Waals surface area (Å²) in [7, 11) is 0.697. The molecule has 0 N–H and O–H groups in total. The number of hydrogen-bond acceptors (Lipinski definition) is 1. The molecule has 0 saturated heterocycles. The highest BCUT2D eigenvalue weighted by Gasteiger charge is 2.11. The summed E-state index contributed by atoms with van der Waals surface area (Å²) in [6.45, 7) is 6.49. The molecule has 15 heavy (non-hydrogen) atoms. The molecule has 0 heterocycles. The van der Waals surface area contributed by atoms with Crippen LogP contribution in [-0.2, 0) is 0 Å². The molecule has 0 aromatic heterocycles. The van der Waals surface area contributed by atoms with Crippen molar-refractivity contribution >= 4 is 37.0 Å². The van der Waals surface area contributed by atoms with E-state index in [0.717, 1.165) is 15.2 Å². The van der Waals surface area contributed by atoms with Crippen LogP contribution in [0.3, 0.4) is 0 Å². The standard InChI is InChI=1S/C12H16ClPS/c1-4-9(3)14-12(15)11-8(2)6-5-7-10(11)13/h5-7,9,14H,4H2,1-3H3. The molecule has 0 aliphatic rings. The Morgan fingerprint density at radius 2 is 2.20 bits per heavy atom. The third kappa shape index (κ3) is 3.52. The summed E-state index contributed by atoms with van der Waals surface area (Å²) in [5.74, 6) is 0. The Morgan fingerprint density at radius 1 is 1.53 bits per heavy atom. The van der Waals surface area contributed by atoms with Gasteiger partial charge in [0.25, 0.3) is 0 Å². The fraction of sp³-hybridized carbons (Fsp3) is 0.417. The molecular formula is C12H16ClPS. The first-order valence-corrected chi connectivity index (χ1v) is 6.98. The van der Waals surface area contributed by atoms with Crippen LogP contribution in [-0.4, -0.2) is 10.3 Å². The van der Waals surface area contributed by atoms with Gasteiger partial charge in [-0.1, -0.05) is 58.4 Å². The van der Waals surface area contributed by atoms with Gasteiger partial charge in [-0.15, -0.1) is 0 Å². The normalized spacial score (nSPS) is 13.3. The van der Waals surface area contributed by atoms with Gasteiger partial charge in [-0.05, 0) is 30.6 Å². The van der Waals surface area contributed by atoms with Crippen molar-refractivity contribution in [3.63, 3.8) is 0 Å². The molecule has 0 aliphatic heterocycles. The molecule has 0 aliphatic carbocycles. The predicted molar refractivity (Wildman–Crippen MR) is 76.0 cm³/mol. The van der Waals surface area contributed by atoms with Crippen LogP contribution >= 0.6 is 32.4 Å². The summed E-state index contributed by atoms with van der Waals surface area (Å²) >= 11 is 11.6. The Labute approximate surface area is 104 Å². The van der Waals surface area contributed by atoms with E-state index in [1.165, 1.54) is 12.0 Å². The van der Waals surface area contributed by atoms with Gasteiger partial charge in [0.2, 0.25) is 0 Å². The van der Waals surface area contributed by atoms with Crippen LogP contribution in [0.25, 0.3) is 0 Å². The Hall–Kier alpha value is 0.0300. The molecule has 0 radical (unpaired) electrons. The molecule has 1 aromatic carbocycles. The number of thiocarbonyl (C=S) groups is 1. The Balaban J connectivity index is 2.91. The molecule has 3 heteroatoms. The van der Waals surface area contributed by atoms with E-state index in [1.54, 1.807) is 0 Å². The Kier molecular flexibility index (Phi) is 5.18. The fourth-order valence-corrected chi connectivity index (χ4v) is 3.77. The van der Waals surface area contributed by atoms with Crippen LogP contribution in [0.2, 0.25) is 5.02 Å². The first-order valence-electron chi connectivity index (χ1n) is 5.12. The summed E-state index contributed by atoms with van der Waals surface area (Å²) in [6, 6.07) is 5.95. The summed E-state index contributed by atoms with van der Waals surface area (Å²) in [6.07, 6.45) is 1.17. The van der Waals surface area contributed by atoms with Crippen LogP contribution in [0.4, 0.5) is 0 Å². The first-order chi connectivity index (χ1) is 7.06. The second-order valence-electron chi connectivity index (χ2n) is 3.71. The molecule has 0 bridgehead atoms. The van der Waals surface area contributed by atoms with Gasteiger partial charge in [0, 0.05) is 15.2 Å². The van der Waals surface area contributed by atoms with Crippen molar-refractivity contribution in [2.75, 3.05) is 0 Å². The highest BCUT2D eigenvalue weighted by Crippen LogP contribution is 2.32. The molecule has 0 nitrogen and oxygen atoms in total. The number of aryl methyl sites for hydroxylation is 1. The SMILES string of the molecule is CCC(C)PC(=S)c1c(C)cccc1Cl. The average molecular weight is 259 g/mol. The van der Waals surface area contributed by atoms with E-state index in [-0.39, 0.29) is 0 Å². The third-order valence-electron chi connectivity index (χ3n) is 2.44. The van der Waals surface area contributed by atoms with E-state index in [2.05, 4.69) is 26.8 Å². The van der Waals surface area contributed by atoms with E-state index in [4.69, 9.17) is 23.8 Å². The molecule has 1 rings (SSSR count). The summed E-state index contributed by atoms with van der Waals surface area (Å²) < 4.78 is 1.02. The zero-order chi connectivity index (χ0) is 11.4. The van der Waals surface area contributed by atoms with Gasteiger partial charge < -0.3 is 0 Å². The first kappa shape index (κ1) is 13.1. The second-order valence-corrected chi connectivity index (χ2v) is 6.67. The van der Waals surface area contributed by atoms with Crippen LogP contribution in [0, 0.1) is 6.92 Å². The fourth-order valence-electron chi connectivity index (χ4n) is 1.32. The van der Waals surface area contributed by atoms with Crippen molar-refractivity contribution in [3.8, 4) is 0 Å². The van der Waals surface area contributed by atoms with E-state index in [0.29, 0.717) is 14.2 Å². The molecular weight excluding hydrogens is 243 g/mol. The highest BCUT2D eigenvalue weighted by atomic mass is 35.5. The quantitative estimate of drug-likeness (QED) is 0.552. The van der Waals surface area contributed by atoms with Crippen LogP contribution in [0.5, 0.6) is 0 Å². The maximum Gasteiger partial charge on any atom is 0.0495 e. The van der Waals surface area contributed by atoms with E-state index < -0.39 is 0 Å². The van der Waals surface area contributed by atoms with Crippen LogP contribution in [0.15, 0.2) is 18.2 Å². The minimum Gasteiger partial charge on any atom is -0.0836 e. The third-order valence-corrected chi connectivity index (χ3v) is 4.72. The number of hydrogen-bond donors (Lipinski definition) is 0. The van der Waals surface area contributed by atoms with E-state index >= 15 is 0 Å². The van der Waals surface area contributed by atoms with Crippen molar-refractivity contribution in [3.05, 3.63) is 34.3 Å². The van der Waals surface area contributed by atoms with Gasteiger partial charge in [0.05, 0.1) is 0 Å². The lowest BCUT2D eigenvalue weighted by atomic mass is 10.1. The van der Waals surface area contributed by atoms with Crippen LogP contribution < -0.4 is 0 Å². The molecule has 0 spiro atoms. The maximum atomic E-state index is 6.17. The zero-order valence-corrected chi connectivity index (χ0v) is 11.9. The molecule has 0 fully saturated rings. The Bertz CT molecular complexity index is 342. The Morgan fingerprint density at radius 3 is 2.73 bits per heavy atom. The minimum absolute atomic E-state index is 0.660. The number of halogens is 1. The molecule has 0 saturated carbocycles. The van der Waals surface area contributed by atoms with E-state index in [9.17, 15) is 0 Å². The molecule has 82 valence electrons. The highest BCUT2D eigenvalue weighted by molar-refractivity contribution is 7.94. The summed E-state index contributed by atoms with van der Waals surface area (Å²) in [5, 5.41) is 0.788. The van der Waals surface area contributed by atoms with Crippen molar-refractivity contribution in [1.82, 2.24) is 0 Å². The number of rotatable bonds is 4. The lowest BCUT2D eigenvalue weighted by Crippen LogP contribution is -2.00. The van der Waals surface area contributed by atoms with Gasteiger partial charge in [-0.3, -0.25) is 0 Å². The zero-order valence-electron chi connectivity index (χ0n) is 9.30. The monoisotopic (exact) mass is 258 g/mol. The summed E-state index contributed by atoms with van der Waals surface area (Å²) in [5.41, 5.74) is 2.92. The lowest BCUT2D eigenvalue weighted by molar-refractivity contribution is 0.905. The molecule has 2 atom stereocenters. The van der Waals surface area contributed by atoms with E-state index in [1.807, 2.05) is 12.1 Å². The predicted octanol–water partition coefficient (Wildman–Crippen LogP) is 4.80. The number of benzene rings is 1. The topological polar surface area (TPSA) is 0 Å². The lowest BCUT2D eigenvalue weighted by Gasteiger charge is -2.13. The largest absolute Gasteiger partial charge is 0.0836 e. The average Bonchev–Trinajstić information content (AvgIpc) is 2.17. The van der Waals surface area contributed by atoms with Crippen LogP contribution in [0.1, 0.15) is 31.4 Å². The minimum atomic E-state index is 0.660. The second kappa shape index (κ2) is 5.94. The van der Waals surface area contributed by atoms with Crippen molar-refractivity contribution in [1.29, 1.82) is 0 Å². The molecule has 1 aromatic rings. The van der Waals surface area contributed by atoms with Crippen molar-refractivity contribution < 1.29 is 0 Å². The van der Waals surface area contributed by atoms with Crippen molar-refractivity contribution in [2.24, 2.45) is 0 Å². The van der Waals surface area contributed by atoms with Gasteiger partial charge >= 0.3 is 0 Å². The molecule has 2 unspecified atom stereocenters. The van der Waals surface area contributed by atoms with Crippen molar-refractivity contribution in [2.45, 2.75) is 32.9 Å². The van der Waals surface area contributed by atoms with Gasteiger partial charge in [-0.2, -0.15) is 0 Å². The molecule has 0 amide bonds. The van der Waals surface area contributed by atoms with Gasteiger partial charge in [-0.25, -0.2) is 0 Å².